The van der Waals surface area contributed by atoms with Gasteiger partial charge in [0.15, 0.2) is 0 Å². The molecule has 22 heavy (non-hydrogen) atoms. The number of nitrogens with one attached hydrogen (secondary N) is 1. The fourth-order valence-corrected chi connectivity index (χ4v) is 2.76. The van der Waals surface area contributed by atoms with Gasteiger partial charge in [0.25, 0.3) is 0 Å². The van der Waals surface area contributed by atoms with Crippen molar-refractivity contribution in [2.24, 2.45) is 0 Å². The van der Waals surface area contributed by atoms with Crippen LogP contribution in [0.3, 0.4) is 0 Å². The zero-order valence-corrected chi connectivity index (χ0v) is 13.1. The van der Waals surface area contributed by atoms with Gasteiger partial charge in [-0.15, -0.1) is 0 Å². The Hall–Kier alpha value is -2.22. The highest BCUT2D eigenvalue weighted by Crippen LogP contribution is 2.25. The molecule has 0 aliphatic rings. The molecule has 0 spiro atoms. The molecular formula is C20H23NO. The molecule has 0 bridgehead atoms. The molecule has 0 radical (unpaired) electrons. The van der Waals surface area contributed by atoms with Gasteiger partial charge in [0, 0.05) is 17.1 Å². The number of fused-ring (bicyclic) bond motifs is 1. The second-order valence-electron chi connectivity index (χ2n) is 5.75. The van der Waals surface area contributed by atoms with Crippen LogP contribution in [0.25, 0.3) is 10.9 Å². The summed E-state index contributed by atoms with van der Waals surface area (Å²) >= 11 is 0. The molecule has 0 saturated carbocycles. The summed E-state index contributed by atoms with van der Waals surface area (Å²) in [4.78, 5) is 3.36. The molecule has 0 amide bonds. The fraction of sp³-hybridized carbons (Fsp3) is 0.300. The normalized spacial score (nSPS) is 11.0. The lowest BCUT2D eigenvalue weighted by atomic mass is 10.1. The van der Waals surface area contributed by atoms with Crippen molar-refractivity contribution in [1.82, 2.24) is 4.98 Å². The van der Waals surface area contributed by atoms with Crippen molar-refractivity contribution in [3.63, 3.8) is 0 Å². The first-order valence-electron chi connectivity index (χ1n) is 8.13. The van der Waals surface area contributed by atoms with E-state index in [1.165, 1.54) is 41.3 Å². The van der Waals surface area contributed by atoms with E-state index in [0.717, 1.165) is 12.2 Å². The van der Waals surface area contributed by atoms with Gasteiger partial charge in [-0.25, -0.2) is 0 Å². The predicted octanol–water partition coefficient (Wildman–Crippen LogP) is 5.48. The molecule has 2 heteroatoms. The summed E-state index contributed by atoms with van der Waals surface area (Å²) in [6, 6.07) is 16.6. The fourth-order valence-electron chi connectivity index (χ4n) is 2.76. The molecule has 1 N–H and O–H groups in total. The van der Waals surface area contributed by atoms with Crippen LogP contribution >= 0.6 is 0 Å². The standard InChI is InChI=1S/C20H23NO/c1-2-3-5-10-17-14-21-20-12-11-18(13-19(17)20)22-15-16-8-6-4-7-9-16/h4,6-9,11-14,21H,2-3,5,10,15H2,1H3. The SMILES string of the molecule is CCCCCc1c[nH]c2ccc(OCc3ccccc3)cc12. The number of aryl methyl sites for hydroxylation is 1. The smallest absolute Gasteiger partial charge is 0.120 e. The largest absolute Gasteiger partial charge is 0.489 e. The molecule has 0 atom stereocenters. The molecular weight excluding hydrogens is 270 g/mol. The molecule has 0 aliphatic heterocycles. The van der Waals surface area contributed by atoms with E-state index in [9.17, 15) is 0 Å². The molecule has 114 valence electrons. The lowest BCUT2D eigenvalue weighted by molar-refractivity contribution is 0.306. The summed E-state index contributed by atoms with van der Waals surface area (Å²) in [5.74, 6) is 0.938. The van der Waals surface area contributed by atoms with Gasteiger partial charge >= 0.3 is 0 Å². The number of rotatable bonds is 7. The van der Waals surface area contributed by atoms with Crippen molar-refractivity contribution >= 4 is 10.9 Å². The van der Waals surface area contributed by atoms with Gasteiger partial charge in [0.05, 0.1) is 0 Å². The molecule has 0 saturated heterocycles. The van der Waals surface area contributed by atoms with Crippen LogP contribution in [0.1, 0.15) is 37.3 Å². The van der Waals surface area contributed by atoms with Crippen LogP contribution in [0.2, 0.25) is 0 Å². The Balaban J connectivity index is 1.72. The molecule has 3 aromatic rings. The van der Waals surface area contributed by atoms with Gasteiger partial charge in [-0.3, -0.25) is 0 Å². The Morgan fingerprint density at radius 1 is 1.00 bits per heavy atom. The minimum atomic E-state index is 0.613. The Morgan fingerprint density at radius 2 is 1.86 bits per heavy atom. The van der Waals surface area contributed by atoms with E-state index in [-0.39, 0.29) is 0 Å². The molecule has 0 fully saturated rings. The molecule has 0 aliphatic carbocycles. The second kappa shape index (κ2) is 7.17. The van der Waals surface area contributed by atoms with Crippen molar-refractivity contribution in [2.45, 2.75) is 39.2 Å². The predicted molar refractivity (Wildman–Crippen MR) is 92.3 cm³/mol. The maximum Gasteiger partial charge on any atom is 0.120 e. The van der Waals surface area contributed by atoms with Crippen LogP contribution < -0.4 is 4.74 Å². The maximum atomic E-state index is 5.94. The Kier molecular flexibility index (Phi) is 4.79. The van der Waals surface area contributed by atoms with Crippen molar-refractivity contribution in [3.05, 3.63) is 65.9 Å². The zero-order chi connectivity index (χ0) is 15.2. The summed E-state index contributed by atoms with van der Waals surface area (Å²) in [5.41, 5.74) is 3.78. The van der Waals surface area contributed by atoms with Crippen LogP contribution in [0.15, 0.2) is 54.7 Å². The molecule has 3 rings (SSSR count). The molecule has 1 heterocycles. The van der Waals surface area contributed by atoms with E-state index in [2.05, 4.69) is 42.4 Å². The number of aromatic amines is 1. The van der Waals surface area contributed by atoms with Gasteiger partial charge < -0.3 is 9.72 Å². The van der Waals surface area contributed by atoms with Crippen LogP contribution in [0.4, 0.5) is 0 Å². The van der Waals surface area contributed by atoms with E-state index < -0.39 is 0 Å². The van der Waals surface area contributed by atoms with Crippen molar-refractivity contribution in [1.29, 1.82) is 0 Å². The number of aromatic nitrogens is 1. The highest BCUT2D eigenvalue weighted by Gasteiger charge is 2.05. The quantitative estimate of drug-likeness (QED) is 0.573. The molecule has 2 nitrogen and oxygen atoms in total. The van der Waals surface area contributed by atoms with Gasteiger partial charge in [0.2, 0.25) is 0 Å². The summed E-state index contributed by atoms with van der Waals surface area (Å²) < 4.78 is 5.94. The molecule has 1 aromatic heterocycles. The monoisotopic (exact) mass is 293 g/mol. The minimum Gasteiger partial charge on any atom is -0.489 e. The Morgan fingerprint density at radius 3 is 2.68 bits per heavy atom. The summed E-state index contributed by atoms with van der Waals surface area (Å²) in [5, 5.41) is 1.29. The van der Waals surface area contributed by atoms with Crippen molar-refractivity contribution in [3.8, 4) is 5.75 Å². The van der Waals surface area contributed by atoms with Crippen LogP contribution in [-0.4, -0.2) is 4.98 Å². The van der Waals surface area contributed by atoms with E-state index in [1.54, 1.807) is 0 Å². The second-order valence-corrected chi connectivity index (χ2v) is 5.75. The summed E-state index contributed by atoms with van der Waals surface area (Å²) in [7, 11) is 0. The third-order valence-electron chi connectivity index (χ3n) is 4.04. The number of hydrogen-bond acceptors (Lipinski definition) is 1. The molecule has 0 unspecified atom stereocenters. The Bertz CT molecular complexity index is 715. The number of H-pyrrole nitrogens is 1. The third kappa shape index (κ3) is 3.51. The average molecular weight is 293 g/mol. The number of hydrogen-bond donors (Lipinski definition) is 1. The van der Waals surface area contributed by atoms with Gasteiger partial charge in [-0.1, -0.05) is 50.1 Å². The van der Waals surface area contributed by atoms with Crippen LogP contribution in [0.5, 0.6) is 5.75 Å². The highest BCUT2D eigenvalue weighted by molar-refractivity contribution is 5.84. The number of ether oxygens (including phenoxy) is 1. The van der Waals surface area contributed by atoms with E-state index in [4.69, 9.17) is 4.74 Å². The summed E-state index contributed by atoms with van der Waals surface area (Å²) in [6.07, 6.45) is 7.07. The maximum absolute atomic E-state index is 5.94. The van der Waals surface area contributed by atoms with E-state index in [1.807, 2.05) is 24.3 Å². The van der Waals surface area contributed by atoms with Crippen LogP contribution in [-0.2, 0) is 13.0 Å². The van der Waals surface area contributed by atoms with E-state index >= 15 is 0 Å². The lowest BCUT2D eigenvalue weighted by Gasteiger charge is -2.07. The average Bonchev–Trinajstić information content (AvgIpc) is 2.97. The third-order valence-corrected chi connectivity index (χ3v) is 4.04. The van der Waals surface area contributed by atoms with Crippen LogP contribution in [0, 0.1) is 0 Å². The zero-order valence-electron chi connectivity index (χ0n) is 13.1. The Labute approximate surface area is 132 Å². The number of unbranched alkanes of at least 4 members (excludes halogenated alkanes) is 2. The minimum absolute atomic E-state index is 0.613. The first-order chi connectivity index (χ1) is 10.9. The highest BCUT2D eigenvalue weighted by atomic mass is 16.5. The van der Waals surface area contributed by atoms with Crippen molar-refractivity contribution in [2.75, 3.05) is 0 Å². The number of benzene rings is 2. The van der Waals surface area contributed by atoms with Gasteiger partial charge in [-0.2, -0.15) is 0 Å². The van der Waals surface area contributed by atoms with Gasteiger partial charge in [-0.05, 0) is 42.2 Å². The first-order valence-corrected chi connectivity index (χ1v) is 8.13. The summed E-state index contributed by atoms with van der Waals surface area (Å²) in [6.45, 7) is 2.85. The van der Waals surface area contributed by atoms with Crippen molar-refractivity contribution < 1.29 is 4.74 Å². The molecule has 2 aromatic carbocycles. The van der Waals surface area contributed by atoms with E-state index in [0.29, 0.717) is 6.61 Å². The first kappa shape index (κ1) is 14.7. The lowest BCUT2D eigenvalue weighted by Crippen LogP contribution is -1.94. The van der Waals surface area contributed by atoms with Gasteiger partial charge in [0.1, 0.15) is 12.4 Å². The topological polar surface area (TPSA) is 25.0 Å².